The number of nitrogens with one attached hydrogen (secondary N) is 2. The van der Waals surface area contributed by atoms with Crippen LogP contribution in [0.4, 0.5) is 9.59 Å². The lowest BCUT2D eigenvalue weighted by atomic mass is 10.1. The Labute approximate surface area is 303 Å². The number of alkyl carbamates (subject to hydrolysis) is 2. The van der Waals surface area contributed by atoms with Gasteiger partial charge in [0.05, 0.1) is 25.9 Å². The van der Waals surface area contributed by atoms with Gasteiger partial charge in [-0.3, -0.25) is 9.59 Å². The lowest BCUT2D eigenvalue weighted by Gasteiger charge is -2.21. The second-order valence-corrected chi connectivity index (χ2v) is 13.1. The smallest absolute Gasteiger partial charge is 0.407 e. The van der Waals surface area contributed by atoms with Crippen molar-refractivity contribution in [3.05, 3.63) is 0 Å². The monoisotopic (exact) mass is 716 g/mol. The predicted octanol–water partition coefficient (Wildman–Crippen LogP) is 7.44. The molecule has 0 aliphatic carbocycles. The number of esters is 2. The van der Waals surface area contributed by atoms with E-state index in [1.54, 1.807) is 0 Å². The molecule has 2 unspecified atom stereocenters. The van der Waals surface area contributed by atoms with E-state index in [2.05, 4.69) is 24.5 Å². The van der Waals surface area contributed by atoms with Gasteiger partial charge in [-0.05, 0) is 57.9 Å². The summed E-state index contributed by atoms with van der Waals surface area (Å²) in [5, 5.41) is 14.5. The summed E-state index contributed by atoms with van der Waals surface area (Å²) < 4.78 is 21.6. The molecule has 0 saturated heterocycles. The summed E-state index contributed by atoms with van der Waals surface area (Å²) in [7, 11) is 0. The van der Waals surface area contributed by atoms with E-state index in [0.29, 0.717) is 32.5 Å². The average molecular weight is 716 g/mol. The highest BCUT2D eigenvalue weighted by molar-refractivity contribution is 5.70. The molecule has 0 fully saturated rings. The minimum Gasteiger partial charge on any atom is -0.464 e. The van der Waals surface area contributed by atoms with E-state index < -0.39 is 24.1 Å². The van der Waals surface area contributed by atoms with Gasteiger partial charge >= 0.3 is 24.1 Å². The molecule has 3 N–H and O–H groups in total. The third-order valence-electron chi connectivity index (χ3n) is 8.63. The molecule has 0 heterocycles. The first kappa shape index (κ1) is 47.4. The van der Waals surface area contributed by atoms with Crippen LogP contribution >= 0.6 is 0 Å². The maximum absolute atomic E-state index is 12.3. The van der Waals surface area contributed by atoms with Crippen LogP contribution in [0.15, 0.2) is 0 Å². The second kappa shape index (κ2) is 34.8. The fraction of sp³-hybridized carbons (Fsp3) is 0.895. The lowest BCUT2D eigenvalue weighted by molar-refractivity contribution is -0.144. The van der Waals surface area contributed by atoms with E-state index in [1.165, 1.54) is 51.4 Å². The van der Waals surface area contributed by atoms with Crippen LogP contribution in [-0.2, 0) is 28.5 Å². The molecule has 0 saturated carbocycles. The molecule has 0 aromatic carbocycles. The van der Waals surface area contributed by atoms with Gasteiger partial charge in [0.15, 0.2) is 0 Å². The number of amides is 2. The number of carbonyl (C=O) groups is 4. The number of hydrogen-bond donors (Lipinski definition) is 3. The Hall–Kier alpha value is -2.60. The van der Waals surface area contributed by atoms with E-state index in [9.17, 15) is 19.2 Å². The van der Waals surface area contributed by atoms with Gasteiger partial charge in [-0.1, -0.05) is 91.9 Å². The van der Waals surface area contributed by atoms with Crippen molar-refractivity contribution < 1.29 is 43.2 Å². The van der Waals surface area contributed by atoms with Gasteiger partial charge in [-0.25, -0.2) is 9.59 Å². The number of carbonyl (C=O) groups excluding carboxylic acids is 4. The Kier molecular flexibility index (Phi) is 33.0. The van der Waals surface area contributed by atoms with E-state index in [4.69, 9.17) is 24.1 Å². The minimum absolute atomic E-state index is 0.0405. The fourth-order valence-corrected chi connectivity index (χ4v) is 5.45. The van der Waals surface area contributed by atoms with E-state index >= 15 is 0 Å². The zero-order valence-electron chi connectivity index (χ0n) is 32.1. The highest BCUT2D eigenvalue weighted by Gasteiger charge is 2.15. The van der Waals surface area contributed by atoms with Crippen LogP contribution in [-0.4, -0.2) is 98.9 Å². The molecule has 50 heavy (non-hydrogen) atoms. The van der Waals surface area contributed by atoms with Gasteiger partial charge in [0.1, 0.15) is 25.4 Å². The molecule has 0 spiro atoms. The van der Waals surface area contributed by atoms with Crippen LogP contribution < -0.4 is 10.6 Å². The number of aliphatic hydroxyl groups excluding tert-OH is 1. The summed E-state index contributed by atoms with van der Waals surface area (Å²) >= 11 is 0. The normalized spacial score (nSPS) is 12.3. The molecule has 0 aliphatic heterocycles. The van der Waals surface area contributed by atoms with Gasteiger partial charge in [0, 0.05) is 19.7 Å². The Morgan fingerprint density at radius 3 is 1.38 bits per heavy atom. The Balaban J connectivity index is 4.24. The van der Waals surface area contributed by atoms with Crippen molar-refractivity contribution in [2.75, 3.05) is 52.5 Å². The standard InChI is InChI=1S/C38H73N3O9/c1-5-9-11-13-15-17-21-33(7-3)49-37(45)39-25-31-47-35(43)23-28-41(27-19-20-30-42)29-24-36(44)48-32-26-40-38(46)50-34(8-4)22-18-16-14-12-10-6-2/h33-34,42H,5-32H2,1-4H3,(H,39,45)(H,40,46). The first-order valence-corrected chi connectivity index (χ1v) is 19.8. The van der Waals surface area contributed by atoms with Crippen molar-refractivity contribution in [3.63, 3.8) is 0 Å². The minimum atomic E-state index is -0.500. The highest BCUT2D eigenvalue weighted by atomic mass is 16.6. The second-order valence-electron chi connectivity index (χ2n) is 13.1. The summed E-state index contributed by atoms with van der Waals surface area (Å²) in [6.45, 7) is 10.3. The van der Waals surface area contributed by atoms with Crippen molar-refractivity contribution in [3.8, 4) is 0 Å². The molecule has 0 radical (unpaired) electrons. The van der Waals surface area contributed by atoms with Crippen LogP contribution in [0.2, 0.25) is 0 Å². The topological polar surface area (TPSA) is 153 Å². The number of rotatable bonds is 34. The van der Waals surface area contributed by atoms with Gasteiger partial charge < -0.3 is 39.6 Å². The average Bonchev–Trinajstić information content (AvgIpc) is 3.11. The predicted molar refractivity (Wildman–Crippen MR) is 197 cm³/mol. The molecule has 0 aromatic rings. The summed E-state index contributed by atoms with van der Waals surface area (Å²) in [5.74, 6) is -0.806. The van der Waals surface area contributed by atoms with Crippen LogP contribution in [0.1, 0.15) is 156 Å². The van der Waals surface area contributed by atoms with Gasteiger partial charge in [-0.2, -0.15) is 0 Å². The Morgan fingerprint density at radius 2 is 0.980 bits per heavy atom. The molecule has 0 rings (SSSR count). The highest BCUT2D eigenvalue weighted by Crippen LogP contribution is 2.14. The fourth-order valence-electron chi connectivity index (χ4n) is 5.45. The Bertz CT molecular complexity index is 784. The van der Waals surface area contributed by atoms with Crippen molar-refractivity contribution in [2.45, 2.75) is 168 Å². The van der Waals surface area contributed by atoms with Crippen LogP contribution in [0.3, 0.4) is 0 Å². The molecule has 0 bridgehead atoms. The van der Waals surface area contributed by atoms with E-state index in [-0.39, 0.29) is 58.0 Å². The van der Waals surface area contributed by atoms with Crippen molar-refractivity contribution in [2.24, 2.45) is 0 Å². The molecule has 2 atom stereocenters. The maximum atomic E-state index is 12.3. The zero-order chi connectivity index (χ0) is 37.1. The van der Waals surface area contributed by atoms with Gasteiger partial charge in [-0.15, -0.1) is 0 Å². The quantitative estimate of drug-likeness (QED) is 0.0348. The first-order chi connectivity index (χ1) is 24.3. The van der Waals surface area contributed by atoms with E-state index in [0.717, 1.165) is 51.4 Å². The van der Waals surface area contributed by atoms with E-state index in [1.807, 2.05) is 18.7 Å². The molecular weight excluding hydrogens is 642 g/mol. The molecule has 0 aromatic heterocycles. The molecule has 2 amide bonds. The maximum Gasteiger partial charge on any atom is 0.407 e. The lowest BCUT2D eigenvalue weighted by Crippen LogP contribution is -2.33. The van der Waals surface area contributed by atoms with Gasteiger partial charge in [0.2, 0.25) is 0 Å². The molecular formula is C38H73N3O9. The summed E-state index contributed by atoms with van der Waals surface area (Å²) in [5.41, 5.74) is 0. The number of hydrogen-bond acceptors (Lipinski definition) is 10. The number of aliphatic hydroxyl groups is 1. The molecule has 12 nitrogen and oxygen atoms in total. The summed E-state index contributed by atoms with van der Waals surface area (Å²) in [6.07, 6.45) is 17.9. The SMILES string of the molecule is CCCCCCCCC(CC)OC(=O)NCCOC(=O)CCN(CCCCO)CCC(=O)OCCNC(=O)OC(CC)CCCCCCCC. The Morgan fingerprint density at radius 1 is 0.560 bits per heavy atom. The summed E-state index contributed by atoms with van der Waals surface area (Å²) in [6, 6.07) is 0. The van der Waals surface area contributed by atoms with Crippen LogP contribution in [0, 0.1) is 0 Å². The summed E-state index contributed by atoms with van der Waals surface area (Å²) in [4.78, 5) is 51.0. The molecule has 0 aliphatic rings. The molecule has 294 valence electrons. The third kappa shape index (κ3) is 30.2. The van der Waals surface area contributed by atoms with Crippen LogP contribution in [0.25, 0.3) is 0 Å². The largest absolute Gasteiger partial charge is 0.464 e. The van der Waals surface area contributed by atoms with Crippen molar-refractivity contribution in [1.82, 2.24) is 15.5 Å². The molecule has 12 heteroatoms. The van der Waals surface area contributed by atoms with Crippen LogP contribution in [0.5, 0.6) is 0 Å². The zero-order valence-corrected chi connectivity index (χ0v) is 32.1. The van der Waals surface area contributed by atoms with Gasteiger partial charge in [0.25, 0.3) is 0 Å². The first-order valence-electron chi connectivity index (χ1n) is 19.8. The van der Waals surface area contributed by atoms with Crippen molar-refractivity contribution >= 4 is 24.1 Å². The third-order valence-corrected chi connectivity index (χ3v) is 8.63. The number of ether oxygens (including phenoxy) is 4. The van der Waals surface area contributed by atoms with Crippen molar-refractivity contribution in [1.29, 1.82) is 0 Å². The number of unbranched alkanes of at least 4 members (excludes halogenated alkanes) is 11. The number of nitrogens with zero attached hydrogens (tertiary/aromatic N) is 1.